The molecule has 3 rings (SSSR count). The highest BCUT2D eigenvalue weighted by Gasteiger charge is 2.35. The number of sulfonamides is 1. The average Bonchev–Trinajstić information content (AvgIpc) is 3.15. The van der Waals surface area contributed by atoms with E-state index in [0.717, 1.165) is 36.9 Å². The van der Waals surface area contributed by atoms with Crippen molar-refractivity contribution in [1.82, 2.24) is 14.5 Å². The Morgan fingerprint density at radius 3 is 2.73 bits per heavy atom. The molecule has 2 heterocycles. The van der Waals surface area contributed by atoms with Crippen LogP contribution < -0.4 is 4.72 Å². The predicted molar refractivity (Wildman–Crippen MR) is 83.9 cm³/mol. The summed E-state index contributed by atoms with van der Waals surface area (Å²) in [5.74, 6) is 0.570. The summed E-state index contributed by atoms with van der Waals surface area (Å²) in [6.07, 6.45) is 6.65. The van der Waals surface area contributed by atoms with Gasteiger partial charge in [0.1, 0.15) is 6.10 Å². The van der Waals surface area contributed by atoms with Crippen LogP contribution in [0.3, 0.4) is 0 Å². The van der Waals surface area contributed by atoms with Gasteiger partial charge in [0.2, 0.25) is 10.0 Å². The van der Waals surface area contributed by atoms with Gasteiger partial charge in [-0.1, -0.05) is 12.8 Å². The van der Waals surface area contributed by atoms with E-state index in [-0.39, 0.29) is 17.9 Å². The molecule has 0 bridgehead atoms. The molecule has 1 aromatic heterocycles. The molecule has 1 saturated heterocycles. The Balaban J connectivity index is 1.69. The molecule has 2 fully saturated rings. The van der Waals surface area contributed by atoms with Crippen LogP contribution in [0.1, 0.15) is 49.5 Å². The zero-order valence-electron chi connectivity index (χ0n) is 13.3. The number of aromatic nitrogens is 2. The van der Waals surface area contributed by atoms with Gasteiger partial charge < -0.3 is 4.74 Å². The summed E-state index contributed by atoms with van der Waals surface area (Å²) < 4.78 is 35.3. The van der Waals surface area contributed by atoms with Crippen LogP contribution >= 0.6 is 0 Å². The van der Waals surface area contributed by atoms with E-state index in [1.807, 2.05) is 14.0 Å². The van der Waals surface area contributed by atoms with Crippen LogP contribution in [0.25, 0.3) is 0 Å². The van der Waals surface area contributed by atoms with Crippen LogP contribution in [-0.2, 0) is 21.8 Å². The van der Waals surface area contributed by atoms with Crippen LogP contribution in [-0.4, -0.2) is 36.6 Å². The number of rotatable bonds is 5. The van der Waals surface area contributed by atoms with Crippen molar-refractivity contribution in [2.45, 2.75) is 51.2 Å². The monoisotopic (exact) mass is 327 g/mol. The quantitative estimate of drug-likeness (QED) is 0.893. The second kappa shape index (κ2) is 6.29. The molecular formula is C15H25N3O3S. The predicted octanol–water partition coefficient (Wildman–Crippen LogP) is 1.67. The maximum Gasteiger partial charge on any atom is 0.212 e. The number of aryl methyl sites for hydroxylation is 1. The Hall–Kier alpha value is -0.920. The van der Waals surface area contributed by atoms with Crippen LogP contribution in [0.5, 0.6) is 0 Å². The van der Waals surface area contributed by atoms with E-state index in [4.69, 9.17) is 4.74 Å². The summed E-state index contributed by atoms with van der Waals surface area (Å²) in [6.45, 7) is 2.56. The largest absolute Gasteiger partial charge is 0.372 e. The second-order valence-corrected chi connectivity index (χ2v) is 8.34. The lowest BCUT2D eigenvalue weighted by Crippen LogP contribution is -2.39. The Kier molecular flexibility index (Phi) is 4.56. The molecule has 1 N–H and O–H groups in total. The summed E-state index contributed by atoms with van der Waals surface area (Å²) >= 11 is 0. The molecule has 7 heteroatoms. The minimum atomic E-state index is -3.25. The van der Waals surface area contributed by atoms with Crippen LogP contribution in [0.15, 0.2) is 6.20 Å². The van der Waals surface area contributed by atoms with Gasteiger partial charge in [0, 0.05) is 24.9 Å². The minimum absolute atomic E-state index is 0.186. The van der Waals surface area contributed by atoms with E-state index in [9.17, 15) is 8.42 Å². The lowest BCUT2D eigenvalue weighted by Gasteiger charge is -2.21. The molecule has 1 saturated carbocycles. The number of hydrogen-bond acceptors (Lipinski definition) is 4. The Labute approximate surface area is 132 Å². The Morgan fingerprint density at radius 1 is 1.36 bits per heavy atom. The molecule has 1 aliphatic carbocycles. The number of nitrogens with zero attached hydrogens (tertiary/aromatic N) is 2. The van der Waals surface area contributed by atoms with E-state index in [1.54, 1.807) is 10.9 Å². The summed E-state index contributed by atoms with van der Waals surface area (Å²) in [5.41, 5.74) is 2.00. The van der Waals surface area contributed by atoms with Crippen molar-refractivity contribution < 1.29 is 13.2 Å². The van der Waals surface area contributed by atoms with Gasteiger partial charge >= 0.3 is 0 Å². The van der Waals surface area contributed by atoms with Crippen molar-refractivity contribution >= 4 is 10.0 Å². The van der Waals surface area contributed by atoms with Crippen molar-refractivity contribution in [1.29, 1.82) is 0 Å². The van der Waals surface area contributed by atoms with E-state index >= 15 is 0 Å². The second-order valence-electron chi connectivity index (χ2n) is 6.55. The smallest absolute Gasteiger partial charge is 0.212 e. The molecule has 0 amide bonds. The van der Waals surface area contributed by atoms with E-state index in [2.05, 4.69) is 9.82 Å². The highest BCUT2D eigenvalue weighted by molar-refractivity contribution is 7.89. The van der Waals surface area contributed by atoms with Crippen LogP contribution in [0, 0.1) is 12.8 Å². The number of hydrogen-bond donors (Lipinski definition) is 1. The standard InChI is InChI=1S/C15H25N3O3S/c1-11-13(9-16-18(11)2)15-14(7-8-21-15)17-22(19,20)10-12-5-3-4-6-12/h9,12,14-15,17H,3-8,10H2,1-2H3/t14-,15+/m0/s1. The van der Waals surface area contributed by atoms with Gasteiger partial charge in [-0.3, -0.25) is 4.68 Å². The first kappa shape index (κ1) is 16.0. The van der Waals surface area contributed by atoms with Crippen LogP contribution in [0.4, 0.5) is 0 Å². The van der Waals surface area contributed by atoms with Crippen molar-refractivity contribution in [3.8, 4) is 0 Å². The van der Waals surface area contributed by atoms with Gasteiger partial charge in [0.25, 0.3) is 0 Å². The summed E-state index contributed by atoms with van der Waals surface area (Å²) in [5, 5.41) is 4.23. The van der Waals surface area contributed by atoms with E-state index in [1.165, 1.54) is 0 Å². The van der Waals surface area contributed by atoms with Gasteiger partial charge in [-0.25, -0.2) is 13.1 Å². The molecule has 2 aliphatic rings. The third-order valence-electron chi connectivity index (χ3n) is 4.93. The van der Waals surface area contributed by atoms with Gasteiger partial charge in [0.15, 0.2) is 0 Å². The molecule has 124 valence electrons. The fourth-order valence-electron chi connectivity index (χ4n) is 3.58. The third-order valence-corrected chi connectivity index (χ3v) is 6.50. The molecule has 1 aliphatic heterocycles. The molecule has 22 heavy (non-hydrogen) atoms. The summed E-state index contributed by atoms with van der Waals surface area (Å²) in [6, 6.07) is -0.186. The molecule has 6 nitrogen and oxygen atoms in total. The van der Waals surface area contributed by atoms with Gasteiger partial charge in [-0.2, -0.15) is 5.10 Å². The molecule has 1 aromatic rings. The molecule has 0 aromatic carbocycles. The molecule has 0 radical (unpaired) electrons. The fourth-order valence-corrected chi connectivity index (χ4v) is 5.33. The Morgan fingerprint density at radius 2 is 2.09 bits per heavy atom. The average molecular weight is 327 g/mol. The third kappa shape index (κ3) is 3.36. The van der Waals surface area contributed by atoms with Gasteiger partial charge in [-0.05, 0) is 32.1 Å². The van der Waals surface area contributed by atoms with E-state index < -0.39 is 10.0 Å². The van der Waals surface area contributed by atoms with Crippen LogP contribution in [0.2, 0.25) is 0 Å². The fraction of sp³-hybridized carbons (Fsp3) is 0.800. The Bertz CT molecular complexity index is 620. The van der Waals surface area contributed by atoms with Crippen molar-refractivity contribution in [2.24, 2.45) is 13.0 Å². The maximum atomic E-state index is 12.4. The lowest BCUT2D eigenvalue weighted by molar-refractivity contribution is 0.102. The zero-order valence-corrected chi connectivity index (χ0v) is 14.1. The SMILES string of the molecule is Cc1c([C@H]2OCC[C@@H]2NS(=O)(=O)CC2CCCC2)cnn1C. The first-order valence-electron chi connectivity index (χ1n) is 8.06. The normalized spacial score (nSPS) is 26.8. The van der Waals surface area contributed by atoms with Crippen molar-refractivity contribution in [2.75, 3.05) is 12.4 Å². The lowest BCUT2D eigenvalue weighted by atomic mass is 10.0. The van der Waals surface area contributed by atoms with Gasteiger partial charge in [0.05, 0.1) is 18.0 Å². The maximum absolute atomic E-state index is 12.4. The molecule has 0 spiro atoms. The van der Waals surface area contributed by atoms with Crippen molar-refractivity contribution in [3.05, 3.63) is 17.5 Å². The minimum Gasteiger partial charge on any atom is -0.372 e. The van der Waals surface area contributed by atoms with E-state index in [0.29, 0.717) is 18.9 Å². The number of ether oxygens (including phenoxy) is 1. The summed E-state index contributed by atoms with van der Waals surface area (Å²) in [7, 11) is -1.37. The summed E-state index contributed by atoms with van der Waals surface area (Å²) in [4.78, 5) is 0. The zero-order chi connectivity index (χ0) is 15.7. The molecular weight excluding hydrogens is 302 g/mol. The topological polar surface area (TPSA) is 73.2 Å². The molecule has 2 atom stereocenters. The number of nitrogens with one attached hydrogen (secondary N) is 1. The van der Waals surface area contributed by atoms with Crippen molar-refractivity contribution in [3.63, 3.8) is 0 Å². The molecule has 0 unspecified atom stereocenters. The first-order chi connectivity index (χ1) is 10.5. The van der Waals surface area contributed by atoms with Gasteiger partial charge in [-0.15, -0.1) is 0 Å². The highest BCUT2D eigenvalue weighted by Crippen LogP contribution is 2.32. The highest BCUT2D eigenvalue weighted by atomic mass is 32.2. The first-order valence-corrected chi connectivity index (χ1v) is 9.71.